The number of hydrogen-bond donors (Lipinski definition) is 1. The molecule has 3 rings (SSSR count). The average molecular weight is 370 g/mol. The van der Waals surface area contributed by atoms with Crippen molar-refractivity contribution >= 4 is 5.97 Å². The fourth-order valence-electron chi connectivity index (χ4n) is 3.79. The van der Waals surface area contributed by atoms with E-state index >= 15 is 0 Å². The van der Waals surface area contributed by atoms with Crippen molar-refractivity contribution in [2.45, 2.75) is 30.5 Å². The van der Waals surface area contributed by atoms with Gasteiger partial charge in [-0.25, -0.2) is 0 Å². The highest BCUT2D eigenvalue weighted by Crippen LogP contribution is 2.41. The summed E-state index contributed by atoms with van der Waals surface area (Å²) in [7, 11) is 2.89. The fourth-order valence-corrected chi connectivity index (χ4v) is 3.79. The Morgan fingerprint density at radius 1 is 1.07 bits per heavy atom. The molecule has 2 aromatic rings. The largest absolute Gasteiger partial charge is 0.497 e. The van der Waals surface area contributed by atoms with Crippen molar-refractivity contribution in [2.75, 3.05) is 14.2 Å². The lowest BCUT2D eigenvalue weighted by Gasteiger charge is -2.20. The first-order chi connectivity index (χ1) is 13.0. The molecule has 7 nitrogen and oxygen atoms in total. The number of ether oxygens (including phenoxy) is 2. The molecule has 1 heterocycles. The van der Waals surface area contributed by atoms with Crippen molar-refractivity contribution in [3.63, 3.8) is 0 Å². The minimum absolute atomic E-state index is 0.0626. The van der Waals surface area contributed by atoms with Crippen LogP contribution in [-0.2, 0) is 9.53 Å². The van der Waals surface area contributed by atoms with E-state index in [4.69, 9.17) is 9.47 Å². The van der Waals surface area contributed by atoms with Gasteiger partial charge in [-0.15, -0.1) is 0 Å². The van der Waals surface area contributed by atoms with Crippen LogP contribution >= 0.6 is 0 Å². The Bertz CT molecular complexity index is 794. The van der Waals surface area contributed by atoms with Crippen LogP contribution in [0.1, 0.15) is 29.5 Å². The summed E-state index contributed by atoms with van der Waals surface area (Å²) in [6.45, 7) is 0. The molecule has 1 aliphatic heterocycles. The second-order valence-electron chi connectivity index (χ2n) is 6.52. The Balaban J connectivity index is 2.00. The van der Waals surface area contributed by atoms with Gasteiger partial charge >= 0.3 is 5.97 Å². The molecule has 0 aromatic heterocycles. The number of esters is 1. The molecule has 0 bridgehead atoms. The molecule has 1 saturated heterocycles. The van der Waals surface area contributed by atoms with Gasteiger partial charge in [0.25, 0.3) is 0 Å². The predicted octanol–water partition coefficient (Wildman–Crippen LogP) is 2.70. The fraction of sp³-hybridized carbons (Fsp3) is 0.350. The summed E-state index contributed by atoms with van der Waals surface area (Å²) < 4.78 is 9.97. The molecule has 4 atom stereocenters. The molecule has 0 aliphatic carbocycles. The minimum Gasteiger partial charge on any atom is -0.497 e. The van der Waals surface area contributed by atoms with Crippen LogP contribution in [0, 0.1) is 10.1 Å². The van der Waals surface area contributed by atoms with Crippen molar-refractivity contribution in [1.82, 2.24) is 5.32 Å². The third-order valence-corrected chi connectivity index (χ3v) is 5.05. The number of hydrogen-bond acceptors (Lipinski definition) is 6. The normalized spacial score (nSPS) is 24.4. The van der Waals surface area contributed by atoms with E-state index in [0.29, 0.717) is 5.75 Å². The highest BCUT2D eigenvalue weighted by Gasteiger charge is 2.52. The molecule has 0 radical (unpaired) electrons. The van der Waals surface area contributed by atoms with E-state index in [9.17, 15) is 14.9 Å². The third-order valence-electron chi connectivity index (χ3n) is 5.05. The Hall–Kier alpha value is -2.93. The van der Waals surface area contributed by atoms with Gasteiger partial charge in [0.15, 0.2) is 0 Å². The Kier molecular flexibility index (Phi) is 5.71. The standard InChI is InChI=1S/C20H22N2O5/c1-26-15-10-8-14(9-11-15)19-20(22(24)25)18(13-6-4-3-5-7-13)16(21-19)12-17(23)27-2/h3-11,16,18-21H,12H2,1-2H3/t16?,18?,19?,20-/m1/s1. The topological polar surface area (TPSA) is 90.7 Å². The predicted molar refractivity (Wildman–Crippen MR) is 99.3 cm³/mol. The van der Waals surface area contributed by atoms with E-state index in [1.165, 1.54) is 7.11 Å². The molecule has 3 unspecified atom stereocenters. The van der Waals surface area contributed by atoms with E-state index in [1.54, 1.807) is 19.2 Å². The number of nitrogens with one attached hydrogen (secondary N) is 1. The molecule has 1 fully saturated rings. The molecule has 27 heavy (non-hydrogen) atoms. The number of carbonyl (C=O) groups is 1. The van der Waals surface area contributed by atoms with Gasteiger partial charge in [0.1, 0.15) is 11.8 Å². The second kappa shape index (κ2) is 8.18. The Morgan fingerprint density at radius 3 is 2.30 bits per heavy atom. The maximum Gasteiger partial charge on any atom is 0.307 e. The van der Waals surface area contributed by atoms with E-state index in [2.05, 4.69) is 5.32 Å². The molecule has 0 saturated carbocycles. The highest BCUT2D eigenvalue weighted by atomic mass is 16.6. The maximum atomic E-state index is 12.0. The van der Waals surface area contributed by atoms with Gasteiger partial charge in [0, 0.05) is 11.0 Å². The van der Waals surface area contributed by atoms with Crippen LogP contribution in [-0.4, -0.2) is 37.2 Å². The van der Waals surface area contributed by atoms with E-state index in [-0.39, 0.29) is 11.3 Å². The van der Waals surface area contributed by atoms with Gasteiger partial charge < -0.3 is 9.47 Å². The highest BCUT2D eigenvalue weighted by molar-refractivity contribution is 5.70. The number of methoxy groups -OCH3 is 2. The summed E-state index contributed by atoms with van der Waals surface area (Å²) >= 11 is 0. The summed E-state index contributed by atoms with van der Waals surface area (Å²) in [6, 6.07) is 14.6. The number of rotatable bonds is 6. The van der Waals surface area contributed by atoms with E-state index in [1.807, 2.05) is 42.5 Å². The van der Waals surface area contributed by atoms with E-state index < -0.39 is 30.0 Å². The van der Waals surface area contributed by atoms with Gasteiger partial charge in [-0.1, -0.05) is 42.5 Å². The summed E-state index contributed by atoms with van der Waals surface area (Å²) in [5.74, 6) is -0.168. The zero-order valence-electron chi connectivity index (χ0n) is 15.2. The van der Waals surface area contributed by atoms with Crippen molar-refractivity contribution < 1.29 is 19.2 Å². The number of nitrogens with zero attached hydrogens (tertiary/aromatic N) is 1. The summed E-state index contributed by atoms with van der Waals surface area (Å²) in [5.41, 5.74) is 1.61. The van der Waals surface area contributed by atoms with Crippen LogP contribution < -0.4 is 10.1 Å². The maximum absolute atomic E-state index is 12.0. The summed E-state index contributed by atoms with van der Waals surface area (Å²) in [6.07, 6.45) is 0.0626. The van der Waals surface area contributed by atoms with Crippen LogP contribution in [0.2, 0.25) is 0 Å². The van der Waals surface area contributed by atoms with Gasteiger partial charge in [0.2, 0.25) is 6.04 Å². The molecule has 1 N–H and O–H groups in total. The first kappa shape index (κ1) is 18.8. The van der Waals surface area contributed by atoms with Gasteiger partial charge in [0.05, 0.1) is 26.6 Å². The molecular weight excluding hydrogens is 348 g/mol. The van der Waals surface area contributed by atoms with Crippen molar-refractivity contribution in [3.05, 3.63) is 75.8 Å². The lowest BCUT2D eigenvalue weighted by atomic mass is 9.84. The first-order valence-corrected chi connectivity index (χ1v) is 8.70. The van der Waals surface area contributed by atoms with Crippen molar-refractivity contribution in [3.8, 4) is 5.75 Å². The molecule has 1 aliphatic rings. The smallest absolute Gasteiger partial charge is 0.307 e. The third kappa shape index (κ3) is 3.93. The van der Waals surface area contributed by atoms with Crippen molar-refractivity contribution in [1.29, 1.82) is 0 Å². The Labute approximate surface area is 157 Å². The van der Waals surface area contributed by atoms with Crippen LogP contribution in [0.15, 0.2) is 54.6 Å². The summed E-state index contributed by atoms with van der Waals surface area (Å²) in [5, 5.41) is 15.3. The number of carbonyl (C=O) groups excluding carboxylic acids is 1. The molecular formula is C20H22N2O5. The molecule has 2 aromatic carbocycles. The van der Waals surface area contributed by atoms with E-state index in [0.717, 1.165) is 11.1 Å². The second-order valence-corrected chi connectivity index (χ2v) is 6.52. The molecule has 7 heteroatoms. The summed E-state index contributed by atoms with van der Waals surface area (Å²) in [4.78, 5) is 23.7. The molecule has 0 spiro atoms. The molecule has 0 amide bonds. The van der Waals surface area contributed by atoms with Gasteiger partial charge in [-0.05, 0) is 23.3 Å². The zero-order chi connectivity index (χ0) is 19.4. The van der Waals surface area contributed by atoms with Crippen LogP contribution in [0.5, 0.6) is 5.75 Å². The minimum atomic E-state index is -0.907. The molecule has 142 valence electrons. The monoisotopic (exact) mass is 370 g/mol. The van der Waals surface area contributed by atoms with Crippen molar-refractivity contribution in [2.24, 2.45) is 0 Å². The van der Waals surface area contributed by atoms with Gasteiger partial charge in [-0.2, -0.15) is 0 Å². The SMILES string of the molecule is COC(=O)CC1NC(c2ccc(OC)cc2)[C@H]([N+](=O)[O-])C1c1ccccc1. The lowest BCUT2D eigenvalue weighted by Crippen LogP contribution is -2.31. The lowest BCUT2D eigenvalue weighted by molar-refractivity contribution is -0.527. The zero-order valence-corrected chi connectivity index (χ0v) is 15.2. The average Bonchev–Trinajstić information content (AvgIpc) is 3.08. The number of nitro groups is 1. The first-order valence-electron chi connectivity index (χ1n) is 8.70. The van der Waals surface area contributed by atoms with Crippen LogP contribution in [0.3, 0.4) is 0 Å². The quantitative estimate of drug-likeness (QED) is 0.478. The van der Waals surface area contributed by atoms with Crippen LogP contribution in [0.4, 0.5) is 0 Å². The van der Waals surface area contributed by atoms with Gasteiger partial charge in [-0.3, -0.25) is 20.2 Å². The number of benzene rings is 2. The Morgan fingerprint density at radius 2 is 1.74 bits per heavy atom. The van der Waals surface area contributed by atoms with Crippen LogP contribution in [0.25, 0.3) is 0 Å².